The summed E-state index contributed by atoms with van der Waals surface area (Å²) in [6, 6.07) is 2.91. The molecule has 3 N–H and O–H groups in total. The zero-order valence-corrected chi connectivity index (χ0v) is 18.0. The summed E-state index contributed by atoms with van der Waals surface area (Å²) in [6.45, 7) is 2.89. The minimum atomic E-state index is -4.60. The van der Waals surface area contributed by atoms with E-state index in [0.717, 1.165) is 23.6 Å². The van der Waals surface area contributed by atoms with Crippen LogP contribution >= 0.6 is 0 Å². The van der Waals surface area contributed by atoms with Gasteiger partial charge in [0.25, 0.3) is 10.0 Å². The van der Waals surface area contributed by atoms with E-state index in [9.17, 15) is 26.4 Å². The molecule has 1 aliphatic rings. The lowest BCUT2D eigenvalue weighted by Gasteiger charge is -2.16. The van der Waals surface area contributed by atoms with Crippen molar-refractivity contribution in [1.29, 1.82) is 0 Å². The molecule has 1 atom stereocenters. The Labute approximate surface area is 178 Å². The van der Waals surface area contributed by atoms with E-state index in [0.29, 0.717) is 13.0 Å². The van der Waals surface area contributed by atoms with Gasteiger partial charge >= 0.3 is 12.2 Å². The zero-order chi connectivity index (χ0) is 22.8. The Morgan fingerprint density at radius 2 is 2.10 bits per heavy atom. The molecule has 1 saturated heterocycles. The Morgan fingerprint density at radius 1 is 1.35 bits per heavy atom. The van der Waals surface area contributed by atoms with Crippen LogP contribution in [-0.2, 0) is 23.2 Å². The molecule has 13 heteroatoms. The van der Waals surface area contributed by atoms with Crippen molar-refractivity contribution in [2.45, 2.75) is 43.4 Å². The van der Waals surface area contributed by atoms with Gasteiger partial charge in [0.2, 0.25) is 0 Å². The highest BCUT2D eigenvalue weighted by atomic mass is 32.2. The first-order chi connectivity index (χ1) is 14.5. The number of aromatic nitrogens is 3. The predicted octanol–water partition coefficient (Wildman–Crippen LogP) is 2.30. The van der Waals surface area contributed by atoms with Crippen LogP contribution in [0.5, 0.6) is 0 Å². The Morgan fingerprint density at radius 3 is 2.74 bits per heavy atom. The maximum Gasteiger partial charge on any atom is 0.435 e. The van der Waals surface area contributed by atoms with Gasteiger partial charge in [0.1, 0.15) is 5.03 Å². The summed E-state index contributed by atoms with van der Waals surface area (Å²) in [5, 5.41) is 8.79. The second-order valence-corrected chi connectivity index (χ2v) is 9.28. The first kappa shape index (κ1) is 23.1. The van der Waals surface area contributed by atoms with Gasteiger partial charge in [-0.15, -0.1) is 0 Å². The minimum Gasteiger partial charge on any atom is -0.343 e. The monoisotopic (exact) mass is 462 g/mol. The smallest absolute Gasteiger partial charge is 0.343 e. The molecular formula is C18H25F3N6O3S. The van der Waals surface area contributed by atoms with Gasteiger partial charge in [-0.1, -0.05) is 13.3 Å². The molecule has 2 amide bonds. The Balaban J connectivity index is 1.68. The van der Waals surface area contributed by atoms with Crippen LogP contribution < -0.4 is 10.6 Å². The molecular weight excluding hydrogens is 437 g/mol. The van der Waals surface area contributed by atoms with Crippen LogP contribution in [-0.4, -0.2) is 59.2 Å². The number of hydrogen-bond donors (Lipinski definition) is 3. The molecule has 1 fully saturated rings. The molecule has 1 aliphatic heterocycles. The number of nitrogens with one attached hydrogen (secondary N) is 3. The summed E-state index contributed by atoms with van der Waals surface area (Å²) in [7, 11) is -2.55. The molecule has 3 rings (SSSR count). The Hall–Kier alpha value is -2.54. The third kappa shape index (κ3) is 5.21. The summed E-state index contributed by atoms with van der Waals surface area (Å²) in [4.78, 5) is 14.6. The number of halogens is 3. The Bertz CT molecular complexity index is 1030. The van der Waals surface area contributed by atoms with Crippen molar-refractivity contribution in [3.8, 4) is 11.4 Å². The number of unbranched alkanes of at least 4 members (excludes halogenated alkanes) is 1. The summed E-state index contributed by atoms with van der Waals surface area (Å²) in [5.41, 5.74) is -0.749. The van der Waals surface area contributed by atoms with Gasteiger partial charge in [-0.05, 0) is 31.0 Å². The fourth-order valence-corrected chi connectivity index (χ4v) is 4.83. The van der Waals surface area contributed by atoms with Crippen LogP contribution in [0.2, 0.25) is 0 Å². The number of carbonyl (C=O) groups is 1. The van der Waals surface area contributed by atoms with Crippen molar-refractivity contribution < 1.29 is 26.4 Å². The Kier molecular flexibility index (Phi) is 6.65. The van der Waals surface area contributed by atoms with Crippen LogP contribution in [0, 0.1) is 0 Å². The topological polar surface area (TPSA) is 112 Å². The fourth-order valence-electron chi connectivity index (χ4n) is 3.35. The van der Waals surface area contributed by atoms with E-state index in [1.807, 2.05) is 6.92 Å². The number of sulfonamides is 1. The van der Waals surface area contributed by atoms with Crippen molar-refractivity contribution in [3.63, 3.8) is 0 Å². The van der Waals surface area contributed by atoms with Crippen LogP contribution in [0.15, 0.2) is 23.2 Å². The maximum absolute atomic E-state index is 12.9. The van der Waals surface area contributed by atoms with Crippen molar-refractivity contribution >= 4 is 16.1 Å². The van der Waals surface area contributed by atoms with Gasteiger partial charge in [0, 0.05) is 32.7 Å². The number of hydrogen-bond acceptors (Lipinski definition) is 4. The number of H-pyrrole nitrogens is 1. The minimum absolute atomic E-state index is 0.110. The standard InChI is InChI=1S/C18H25F3N6O3S/c1-3-4-8-22-17(28)23-12-7-9-27(11-12)31(29,30)16-6-5-13(24-16)14-10-15(18(19,20)21)25-26(14)2/h5-6,10,12,24H,3-4,7-9,11H2,1-2H3,(H2,22,23,28). The largest absolute Gasteiger partial charge is 0.435 e. The average Bonchev–Trinajstić information content (AvgIpc) is 3.40. The number of aromatic amines is 1. The predicted molar refractivity (Wildman–Crippen MR) is 107 cm³/mol. The molecule has 2 aromatic heterocycles. The number of aryl methyl sites for hydroxylation is 1. The average molecular weight is 462 g/mol. The van der Waals surface area contributed by atoms with E-state index in [2.05, 4.69) is 20.7 Å². The second kappa shape index (κ2) is 8.91. The third-order valence-corrected chi connectivity index (χ3v) is 6.83. The van der Waals surface area contributed by atoms with Gasteiger partial charge in [0.05, 0.1) is 11.4 Å². The van der Waals surface area contributed by atoms with E-state index >= 15 is 0 Å². The van der Waals surface area contributed by atoms with Gasteiger partial charge in [-0.2, -0.15) is 22.6 Å². The van der Waals surface area contributed by atoms with Crippen molar-refractivity contribution in [2.24, 2.45) is 7.05 Å². The van der Waals surface area contributed by atoms with Gasteiger partial charge in [-0.3, -0.25) is 4.68 Å². The van der Waals surface area contributed by atoms with Crippen molar-refractivity contribution in [1.82, 2.24) is 29.7 Å². The second-order valence-electron chi connectivity index (χ2n) is 7.37. The van der Waals surface area contributed by atoms with E-state index < -0.39 is 21.9 Å². The summed E-state index contributed by atoms with van der Waals surface area (Å²) >= 11 is 0. The van der Waals surface area contributed by atoms with Gasteiger partial charge in [0.15, 0.2) is 5.69 Å². The number of carbonyl (C=O) groups excluding carboxylic acids is 1. The molecule has 31 heavy (non-hydrogen) atoms. The summed E-state index contributed by atoms with van der Waals surface area (Å²) < 4.78 is 66.8. The SMILES string of the molecule is CCCCNC(=O)NC1CCN(S(=O)(=O)c2ccc(-c3cc(C(F)(F)F)nn3C)[nH]2)C1. The summed E-state index contributed by atoms with van der Waals surface area (Å²) in [6.07, 6.45) is -2.33. The zero-order valence-electron chi connectivity index (χ0n) is 17.2. The molecule has 1 unspecified atom stereocenters. The lowest BCUT2D eigenvalue weighted by Crippen LogP contribution is -2.44. The molecule has 0 aromatic carbocycles. The lowest BCUT2D eigenvalue weighted by molar-refractivity contribution is -0.141. The number of nitrogens with zero attached hydrogens (tertiary/aromatic N) is 3. The first-order valence-corrected chi connectivity index (χ1v) is 11.3. The normalized spacial score (nSPS) is 17.8. The van der Waals surface area contributed by atoms with E-state index in [1.165, 1.54) is 23.5 Å². The van der Waals surface area contributed by atoms with E-state index in [4.69, 9.17) is 0 Å². The fraction of sp³-hybridized carbons (Fsp3) is 0.556. The molecule has 0 saturated carbocycles. The molecule has 0 spiro atoms. The number of urea groups is 1. The van der Waals surface area contributed by atoms with Gasteiger partial charge in [-0.25, -0.2) is 13.2 Å². The molecule has 0 aliphatic carbocycles. The van der Waals surface area contributed by atoms with Crippen LogP contribution in [0.1, 0.15) is 31.9 Å². The lowest BCUT2D eigenvalue weighted by atomic mass is 10.3. The van der Waals surface area contributed by atoms with Crippen LogP contribution in [0.3, 0.4) is 0 Å². The molecule has 9 nitrogen and oxygen atoms in total. The number of rotatable bonds is 7. The third-order valence-electron chi connectivity index (χ3n) is 5.03. The summed E-state index contributed by atoms with van der Waals surface area (Å²) in [5.74, 6) is 0. The quantitative estimate of drug-likeness (QED) is 0.548. The molecule has 0 bridgehead atoms. The highest BCUT2D eigenvalue weighted by Crippen LogP contribution is 2.32. The molecule has 2 aromatic rings. The first-order valence-electron chi connectivity index (χ1n) is 9.87. The van der Waals surface area contributed by atoms with Crippen LogP contribution in [0.25, 0.3) is 11.4 Å². The van der Waals surface area contributed by atoms with E-state index in [-0.39, 0.29) is 41.6 Å². The number of alkyl halides is 3. The van der Waals surface area contributed by atoms with E-state index in [1.54, 1.807) is 0 Å². The van der Waals surface area contributed by atoms with Gasteiger partial charge < -0.3 is 15.6 Å². The van der Waals surface area contributed by atoms with Crippen molar-refractivity contribution in [3.05, 3.63) is 23.9 Å². The van der Waals surface area contributed by atoms with Crippen molar-refractivity contribution in [2.75, 3.05) is 19.6 Å². The number of amides is 2. The highest BCUT2D eigenvalue weighted by Gasteiger charge is 2.36. The maximum atomic E-state index is 12.9. The molecule has 3 heterocycles. The molecule has 0 radical (unpaired) electrons. The highest BCUT2D eigenvalue weighted by molar-refractivity contribution is 7.89. The van der Waals surface area contributed by atoms with Crippen LogP contribution in [0.4, 0.5) is 18.0 Å². The molecule has 172 valence electrons.